The van der Waals surface area contributed by atoms with Crippen molar-refractivity contribution in [1.29, 1.82) is 0 Å². The molecule has 2 rings (SSSR count). The van der Waals surface area contributed by atoms with E-state index in [9.17, 15) is 9.59 Å². The van der Waals surface area contributed by atoms with Crippen LogP contribution in [0, 0.1) is 22.7 Å². The van der Waals surface area contributed by atoms with E-state index in [0.29, 0.717) is 12.2 Å². The molecular weight excluding hydrogens is 312 g/mol. The summed E-state index contributed by atoms with van der Waals surface area (Å²) in [5.74, 6) is 0.197. The first-order valence-corrected chi connectivity index (χ1v) is 9.17. The summed E-state index contributed by atoms with van der Waals surface area (Å²) < 4.78 is 5.57. The van der Waals surface area contributed by atoms with Crippen LogP contribution in [0.1, 0.15) is 60.8 Å². The fourth-order valence-corrected chi connectivity index (χ4v) is 4.38. The van der Waals surface area contributed by atoms with Gasteiger partial charge in [0.05, 0.1) is 18.4 Å². The molecule has 0 heterocycles. The molecule has 2 bridgehead atoms. The predicted octanol–water partition coefficient (Wildman–Crippen LogP) is 5.03. The zero-order valence-corrected chi connectivity index (χ0v) is 16.7. The van der Waals surface area contributed by atoms with Gasteiger partial charge in [0.2, 0.25) is 0 Å². The summed E-state index contributed by atoms with van der Waals surface area (Å²) in [6, 6.07) is 0. The van der Waals surface area contributed by atoms with Crippen molar-refractivity contribution in [2.24, 2.45) is 22.7 Å². The maximum atomic E-state index is 13.4. The van der Waals surface area contributed by atoms with Crippen LogP contribution in [0.25, 0.3) is 0 Å². The molecule has 0 spiro atoms. The largest absolute Gasteiger partial charge is 0.500 e. The molecule has 0 radical (unpaired) electrons. The van der Waals surface area contributed by atoms with Gasteiger partial charge in [0.15, 0.2) is 11.6 Å². The Labute approximate surface area is 152 Å². The van der Waals surface area contributed by atoms with Crippen molar-refractivity contribution in [3.8, 4) is 0 Å². The van der Waals surface area contributed by atoms with E-state index < -0.39 is 11.3 Å². The SMILES string of the molecule is COC1=CC(=O)[C@H]2C(=O)[C@]1(CC=C(C)C)C[C@H](CC=C(C)C)C2(C)C. The second-order valence-corrected chi connectivity index (χ2v) is 8.72. The van der Waals surface area contributed by atoms with E-state index in [0.717, 1.165) is 12.8 Å². The normalized spacial score (nSPS) is 30.4. The van der Waals surface area contributed by atoms with Gasteiger partial charge in [-0.05, 0) is 58.3 Å². The lowest BCUT2D eigenvalue weighted by Gasteiger charge is -2.53. The Balaban J connectivity index is 2.58. The number of Topliss-reactive ketones (excluding diaryl/α,β-unsaturated/α-hetero) is 1. The van der Waals surface area contributed by atoms with Crippen LogP contribution in [-0.2, 0) is 14.3 Å². The van der Waals surface area contributed by atoms with Gasteiger partial charge >= 0.3 is 0 Å². The van der Waals surface area contributed by atoms with Crippen molar-refractivity contribution in [2.75, 3.05) is 7.11 Å². The summed E-state index contributed by atoms with van der Waals surface area (Å²) in [5, 5.41) is 0. The van der Waals surface area contributed by atoms with Gasteiger partial charge < -0.3 is 4.74 Å². The van der Waals surface area contributed by atoms with Crippen molar-refractivity contribution < 1.29 is 14.3 Å². The lowest BCUT2D eigenvalue weighted by atomic mass is 9.48. The van der Waals surface area contributed by atoms with E-state index in [1.54, 1.807) is 13.2 Å². The van der Waals surface area contributed by atoms with Crippen molar-refractivity contribution in [3.63, 3.8) is 0 Å². The maximum absolute atomic E-state index is 13.4. The zero-order chi connectivity index (χ0) is 19.0. The Morgan fingerprint density at radius 3 is 2.28 bits per heavy atom. The van der Waals surface area contributed by atoms with Crippen molar-refractivity contribution in [1.82, 2.24) is 0 Å². The van der Waals surface area contributed by atoms with Gasteiger partial charge in [-0.15, -0.1) is 0 Å². The first kappa shape index (κ1) is 19.7. The molecule has 1 saturated carbocycles. The van der Waals surface area contributed by atoms with E-state index in [2.05, 4.69) is 39.8 Å². The minimum Gasteiger partial charge on any atom is -0.500 e. The number of methoxy groups -OCH3 is 1. The molecule has 2 aliphatic carbocycles. The molecule has 138 valence electrons. The minimum atomic E-state index is -0.694. The highest BCUT2D eigenvalue weighted by atomic mass is 16.5. The molecule has 2 aliphatic rings. The standard InChI is InChI=1S/C22H32O3/c1-14(2)8-9-16-13-22(11-10-15(3)4)18(25-7)12-17(23)19(20(22)24)21(16,5)6/h8,10,12,16,19H,9,11,13H2,1-7H3/t16-,19-,22+/m0/s1. The smallest absolute Gasteiger partial charge is 0.170 e. The van der Waals surface area contributed by atoms with Crippen LogP contribution < -0.4 is 0 Å². The fraction of sp³-hybridized carbons (Fsp3) is 0.636. The van der Waals surface area contributed by atoms with E-state index >= 15 is 0 Å². The minimum absolute atomic E-state index is 0.0489. The van der Waals surface area contributed by atoms with Crippen molar-refractivity contribution in [2.45, 2.75) is 60.8 Å². The first-order chi connectivity index (χ1) is 11.6. The number of carbonyl (C=O) groups is 2. The highest BCUT2D eigenvalue weighted by Gasteiger charge is 2.61. The van der Waals surface area contributed by atoms with Crippen LogP contribution in [0.3, 0.4) is 0 Å². The molecule has 0 amide bonds. The van der Waals surface area contributed by atoms with Crippen molar-refractivity contribution in [3.05, 3.63) is 35.1 Å². The topological polar surface area (TPSA) is 43.4 Å². The van der Waals surface area contributed by atoms with Gasteiger partial charge in [-0.2, -0.15) is 0 Å². The van der Waals surface area contributed by atoms with Crippen LogP contribution in [0.2, 0.25) is 0 Å². The Hall–Kier alpha value is -1.64. The molecule has 1 fully saturated rings. The van der Waals surface area contributed by atoms with Crippen LogP contribution >= 0.6 is 0 Å². The van der Waals surface area contributed by atoms with Gasteiger partial charge in [0.25, 0.3) is 0 Å². The monoisotopic (exact) mass is 344 g/mol. The molecule has 0 N–H and O–H groups in total. The van der Waals surface area contributed by atoms with Crippen molar-refractivity contribution >= 4 is 11.6 Å². The molecule has 3 nitrogen and oxygen atoms in total. The zero-order valence-electron chi connectivity index (χ0n) is 16.7. The van der Waals surface area contributed by atoms with E-state index in [4.69, 9.17) is 4.74 Å². The number of ether oxygens (including phenoxy) is 1. The van der Waals surface area contributed by atoms with E-state index in [1.165, 1.54) is 11.1 Å². The second-order valence-electron chi connectivity index (χ2n) is 8.72. The molecular formula is C22H32O3. The molecule has 0 saturated heterocycles. The Morgan fingerprint density at radius 2 is 1.76 bits per heavy atom. The number of rotatable bonds is 5. The lowest BCUT2D eigenvalue weighted by Crippen LogP contribution is -2.58. The van der Waals surface area contributed by atoms with Crippen LogP contribution in [0.5, 0.6) is 0 Å². The number of hydrogen-bond acceptors (Lipinski definition) is 3. The first-order valence-electron chi connectivity index (χ1n) is 9.17. The van der Waals surface area contributed by atoms with Gasteiger partial charge in [-0.25, -0.2) is 0 Å². The molecule has 25 heavy (non-hydrogen) atoms. The third-order valence-electron chi connectivity index (χ3n) is 6.04. The van der Waals surface area contributed by atoms with Gasteiger partial charge in [-0.1, -0.05) is 37.1 Å². The number of fused-ring (bicyclic) bond motifs is 2. The summed E-state index contributed by atoms with van der Waals surface area (Å²) in [5.41, 5.74) is 1.41. The molecule has 0 aromatic rings. The molecule has 0 aliphatic heterocycles. The quantitative estimate of drug-likeness (QED) is 0.519. The Morgan fingerprint density at radius 1 is 1.16 bits per heavy atom. The maximum Gasteiger partial charge on any atom is 0.170 e. The fourth-order valence-electron chi connectivity index (χ4n) is 4.38. The number of hydrogen-bond donors (Lipinski definition) is 0. The van der Waals surface area contributed by atoms with Gasteiger partial charge in [-0.3, -0.25) is 9.59 Å². The molecule has 3 atom stereocenters. The number of allylic oxidation sites excluding steroid dienone is 6. The molecule has 3 heteroatoms. The van der Waals surface area contributed by atoms with Crippen LogP contribution in [0.4, 0.5) is 0 Å². The molecule has 0 unspecified atom stereocenters. The van der Waals surface area contributed by atoms with Crippen LogP contribution in [-0.4, -0.2) is 18.7 Å². The Kier molecular flexibility index (Phi) is 5.46. The van der Waals surface area contributed by atoms with Gasteiger partial charge in [0, 0.05) is 6.08 Å². The average Bonchev–Trinajstić information content (AvgIpc) is 2.50. The predicted molar refractivity (Wildman–Crippen MR) is 101 cm³/mol. The van der Waals surface area contributed by atoms with E-state index in [-0.39, 0.29) is 22.9 Å². The Bertz CT molecular complexity index is 655. The number of ketones is 2. The summed E-state index contributed by atoms with van der Waals surface area (Å²) in [7, 11) is 1.57. The molecule has 0 aromatic carbocycles. The summed E-state index contributed by atoms with van der Waals surface area (Å²) in [4.78, 5) is 26.2. The lowest BCUT2D eigenvalue weighted by molar-refractivity contribution is -0.155. The second kappa shape index (κ2) is 6.93. The number of carbonyl (C=O) groups excluding carboxylic acids is 2. The summed E-state index contributed by atoms with van der Waals surface area (Å²) >= 11 is 0. The molecule has 0 aromatic heterocycles. The summed E-state index contributed by atoms with van der Waals surface area (Å²) in [6.45, 7) is 12.4. The highest BCUT2D eigenvalue weighted by molar-refractivity contribution is 6.14. The summed E-state index contributed by atoms with van der Waals surface area (Å²) in [6.07, 6.45) is 8.15. The van der Waals surface area contributed by atoms with Crippen LogP contribution in [0.15, 0.2) is 35.1 Å². The third kappa shape index (κ3) is 3.38. The van der Waals surface area contributed by atoms with Gasteiger partial charge in [0.1, 0.15) is 5.76 Å². The average molecular weight is 344 g/mol. The third-order valence-corrected chi connectivity index (χ3v) is 6.04. The highest BCUT2D eigenvalue weighted by Crippen LogP contribution is 2.58. The van der Waals surface area contributed by atoms with E-state index in [1.807, 2.05) is 13.8 Å².